The summed E-state index contributed by atoms with van der Waals surface area (Å²) in [6.45, 7) is 5.15. The van der Waals surface area contributed by atoms with Crippen molar-refractivity contribution in [2.24, 2.45) is 7.05 Å². The average molecular weight is 325 g/mol. The summed E-state index contributed by atoms with van der Waals surface area (Å²) in [6, 6.07) is 5.79. The molecule has 2 aromatic heterocycles. The van der Waals surface area contributed by atoms with E-state index >= 15 is 0 Å². The maximum Gasteiger partial charge on any atom is 0.163 e. The van der Waals surface area contributed by atoms with Crippen LogP contribution in [-0.2, 0) is 13.5 Å². The first-order chi connectivity index (χ1) is 11.7. The molecule has 0 aliphatic carbocycles. The molecule has 3 heterocycles. The van der Waals surface area contributed by atoms with E-state index in [9.17, 15) is 0 Å². The van der Waals surface area contributed by atoms with Crippen LogP contribution in [0.3, 0.4) is 0 Å². The zero-order valence-corrected chi connectivity index (χ0v) is 14.0. The highest BCUT2D eigenvalue weighted by molar-refractivity contribution is 5.89. The van der Waals surface area contributed by atoms with Gasteiger partial charge in [0.1, 0.15) is 30.1 Å². The number of nitrogens with one attached hydrogen (secondary N) is 1. The van der Waals surface area contributed by atoms with Crippen molar-refractivity contribution < 1.29 is 9.47 Å². The van der Waals surface area contributed by atoms with E-state index in [2.05, 4.69) is 20.4 Å². The summed E-state index contributed by atoms with van der Waals surface area (Å²) >= 11 is 0. The molecule has 0 unspecified atom stereocenters. The predicted molar refractivity (Wildman–Crippen MR) is 91.1 cm³/mol. The lowest BCUT2D eigenvalue weighted by atomic mass is 10.2. The lowest BCUT2D eigenvalue weighted by Crippen LogP contribution is -2.15. The number of ether oxygens (including phenoxy) is 2. The van der Waals surface area contributed by atoms with Crippen LogP contribution in [-0.4, -0.2) is 33.0 Å². The minimum Gasteiger partial charge on any atom is -0.486 e. The van der Waals surface area contributed by atoms with Crippen molar-refractivity contribution >= 4 is 22.5 Å². The van der Waals surface area contributed by atoms with Crippen LogP contribution >= 0.6 is 0 Å². The van der Waals surface area contributed by atoms with E-state index in [4.69, 9.17) is 9.47 Å². The highest BCUT2D eigenvalue weighted by Crippen LogP contribution is 2.34. The number of fused-ring (bicyclic) bond motifs is 2. The van der Waals surface area contributed by atoms with Gasteiger partial charge in [0, 0.05) is 25.2 Å². The van der Waals surface area contributed by atoms with Gasteiger partial charge in [0.05, 0.1) is 5.69 Å². The molecule has 0 spiro atoms. The Hall–Kier alpha value is -2.83. The van der Waals surface area contributed by atoms with Gasteiger partial charge < -0.3 is 14.8 Å². The summed E-state index contributed by atoms with van der Waals surface area (Å²) in [6.07, 6.45) is 0.764. The minimum atomic E-state index is 0.565. The molecular weight excluding hydrogens is 306 g/mol. The van der Waals surface area contributed by atoms with Crippen molar-refractivity contribution in [3.8, 4) is 11.5 Å². The maximum absolute atomic E-state index is 5.65. The predicted octanol–water partition coefficient (Wildman–Crippen LogP) is 2.75. The summed E-state index contributed by atoms with van der Waals surface area (Å²) in [5.74, 6) is 3.05. The number of nitrogens with zero attached hydrogens (tertiary/aromatic N) is 4. The highest BCUT2D eigenvalue weighted by atomic mass is 16.6. The normalized spacial score (nSPS) is 13.3. The van der Waals surface area contributed by atoms with Gasteiger partial charge in [-0.1, -0.05) is 6.92 Å². The van der Waals surface area contributed by atoms with Crippen LogP contribution < -0.4 is 14.8 Å². The quantitative estimate of drug-likeness (QED) is 0.798. The fraction of sp³-hybridized carbons (Fsp3) is 0.353. The molecule has 0 saturated heterocycles. The topological polar surface area (TPSA) is 74.1 Å². The molecule has 1 N–H and O–H groups in total. The SMILES string of the molecule is CCc1nc(Nc2ccc3c(c2)OCCO3)c2c(n1)c(C)nn2C. The molecule has 0 radical (unpaired) electrons. The number of hydrogen-bond donors (Lipinski definition) is 1. The second-order valence-corrected chi connectivity index (χ2v) is 5.73. The van der Waals surface area contributed by atoms with Crippen LogP contribution in [0.1, 0.15) is 18.4 Å². The van der Waals surface area contributed by atoms with Crippen LogP contribution in [0, 0.1) is 6.92 Å². The zero-order chi connectivity index (χ0) is 16.7. The largest absolute Gasteiger partial charge is 0.486 e. The van der Waals surface area contributed by atoms with Gasteiger partial charge in [-0.15, -0.1) is 0 Å². The van der Waals surface area contributed by atoms with Gasteiger partial charge in [-0.05, 0) is 19.1 Å². The first-order valence-corrected chi connectivity index (χ1v) is 8.02. The molecule has 0 bridgehead atoms. The summed E-state index contributed by atoms with van der Waals surface area (Å²) in [5.41, 5.74) is 3.55. The number of aromatic nitrogens is 4. The Morgan fingerprint density at radius 2 is 1.96 bits per heavy atom. The molecule has 7 heteroatoms. The molecule has 0 amide bonds. The second kappa shape index (κ2) is 5.67. The average Bonchev–Trinajstić information content (AvgIpc) is 2.89. The fourth-order valence-corrected chi connectivity index (χ4v) is 2.89. The monoisotopic (exact) mass is 325 g/mol. The standard InChI is InChI=1S/C17H19N5O2/c1-4-14-19-15-10(2)21-22(3)16(15)17(20-14)18-11-5-6-12-13(9-11)24-8-7-23-12/h5-6,9H,4,7-8H2,1-3H3,(H,18,19,20). The molecule has 7 nitrogen and oxygen atoms in total. The van der Waals surface area contributed by atoms with Crippen molar-refractivity contribution in [3.05, 3.63) is 29.7 Å². The van der Waals surface area contributed by atoms with Gasteiger partial charge in [0.2, 0.25) is 0 Å². The van der Waals surface area contributed by atoms with Crippen molar-refractivity contribution in [1.29, 1.82) is 0 Å². The third-order valence-electron chi connectivity index (χ3n) is 4.02. The fourth-order valence-electron chi connectivity index (χ4n) is 2.89. The summed E-state index contributed by atoms with van der Waals surface area (Å²) < 4.78 is 13.0. The Balaban J connectivity index is 1.79. The Kier molecular flexibility index (Phi) is 3.48. The van der Waals surface area contributed by atoms with E-state index in [0.29, 0.717) is 13.2 Å². The van der Waals surface area contributed by atoms with Crippen LogP contribution in [0.2, 0.25) is 0 Å². The Labute approximate surface area is 139 Å². The molecule has 0 fully saturated rings. The number of hydrogen-bond acceptors (Lipinski definition) is 6. The van der Waals surface area contributed by atoms with Gasteiger partial charge in [-0.3, -0.25) is 4.68 Å². The number of anilines is 2. The van der Waals surface area contributed by atoms with E-state index < -0.39 is 0 Å². The Morgan fingerprint density at radius 3 is 2.75 bits per heavy atom. The first-order valence-electron chi connectivity index (χ1n) is 8.02. The molecule has 1 aromatic carbocycles. The molecule has 124 valence electrons. The van der Waals surface area contributed by atoms with E-state index in [1.165, 1.54) is 0 Å². The van der Waals surface area contributed by atoms with Crippen molar-refractivity contribution in [1.82, 2.24) is 19.7 Å². The van der Waals surface area contributed by atoms with Crippen LogP contribution in [0.15, 0.2) is 18.2 Å². The summed E-state index contributed by atoms with van der Waals surface area (Å²) in [4.78, 5) is 9.25. The molecular formula is C17H19N5O2. The van der Waals surface area contributed by atoms with Crippen molar-refractivity contribution in [2.75, 3.05) is 18.5 Å². The van der Waals surface area contributed by atoms with Gasteiger partial charge >= 0.3 is 0 Å². The third-order valence-corrected chi connectivity index (χ3v) is 4.02. The summed E-state index contributed by atoms with van der Waals surface area (Å²) in [7, 11) is 1.90. The van der Waals surface area contributed by atoms with Gasteiger partial charge in [-0.2, -0.15) is 5.10 Å². The lowest BCUT2D eigenvalue weighted by Gasteiger charge is -2.19. The highest BCUT2D eigenvalue weighted by Gasteiger charge is 2.16. The van der Waals surface area contributed by atoms with Crippen molar-refractivity contribution in [3.63, 3.8) is 0 Å². The van der Waals surface area contributed by atoms with E-state index in [1.54, 1.807) is 0 Å². The summed E-state index contributed by atoms with van der Waals surface area (Å²) in [5, 5.41) is 7.85. The minimum absolute atomic E-state index is 0.565. The maximum atomic E-state index is 5.65. The van der Waals surface area contributed by atoms with Crippen LogP contribution in [0.25, 0.3) is 11.0 Å². The van der Waals surface area contributed by atoms with E-state index in [-0.39, 0.29) is 0 Å². The first kappa shape index (κ1) is 14.7. The third kappa shape index (κ3) is 2.42. The lowest BCUT2D eigenvalue weighted by molar-refractivity contribution is 0.171. The second-order valence-electron chi connectivity index (χ2n) is 5.73. The smallest absolute Gasteiger partial charge is 0.163 e. The number of aryl methyl sites for hydroxylation is 3. The molecule has 3 aromatic rings. The Morgan fingerprint density at radius 1 is 1.17 bits per heavy atom. The number of benzene rings is 1. The molecule has 24 heavy (non-hydrogen) atoms. The van der Waals surface area contributed by atoms with E-state index in [1.807, 2.05) is 43.8 Å². The molecule has 0 atom stereocenters. The Bertz CT molecular complexity index is 919. The van der Waals surface area contributed by atoms with Crippen molar-refractivity contribution in [2.45, 2.75) is 20.3 Å². The molecule has 1 aliphatic heterocycles. The van der Waals surface area contributed by atoms with Gasteiger partial charge in [0.25, 0.3) is 0 Å². The molecule has 0 saturated carbocycles. The van der Waals surface area contributed by atoms with E-state index in [0.717, 1.165) is 52.0 Å². The van der Waals surface area contributed by atoms with Crippen LogP contribution in [0.5, 0.6) is 11.5 Å². The zero-order valence-electron chi connectivity index (χ0n) is 14.0. The van der Waals surface area contributed by atoms with Crippen LogP contribution in [0.4, 0.5) is 11.5 Å². The van der Waals surface area contributed by atoms with Gasteiger partial charge in [-0.25, -0.2) is 9.97 Å². The number of rotatable bonds is 3. The molecule has 1 aliphatic rings. The molecule has 4 rings (SSSR count). The van der Waals surface area contributed by atoms with Gasteiger partial charge in [0.15, 0.2) is 17.3 Å².